The maximum absolute atomic E-state index is 5.95. The molecule has 0 spiro atoms. The number of fused-ring (bicyclic) bond motifs is 1. The van der Waals surface area contributed by atoms with Crippen molar-refractivity contribution in [2.24, 2.45) is 4.99 Å². The minimum absolute atomic E-state index is 0.130. The van der Waals surface area contributed by atoms with Gasteiger partial charge in [-0.3, -0.25) is 4.99 Å². The molecule has 6 rings (SSSR count). The number of aliphatic imine (C=N–C) groups is 1. The molecule has 2 aliphatic heterocycles. The second kappa shape index (κ2) is 8.24. The van der Waals surface area contributed by atoms with Gasteiger partial charge in [-0.1, -0.05) is 6.07 Å². The smallest absolute Gasteiger partial charge is 0.219 e. The van der Waals surface area contributed by atoms with Crippen molar-refractivity contribution in [1.82, 2.24) is 20.2 Å². The molecule has 1 saturated heterocycles. The molecule has 3 aliphatic rings. The Bertz CT molecular complexity index is 1190. The maximum Gasteiger partial charge on any atom is 0.219 e. The number of ether oxygens (including phenoxy) is 1. The third kappa shape index (κ3) is 4.10. The molecule has 8 nitrogen and oxygen atoms in total. The van der Waals surface area contributed by atoms with Crippen molar-refractivity contribution in [3.63, 3.8) is 0 Å². The van der Waals surface area contributed by atoms with Crippen LogP contribution in [0.25, 0.3) is 0 Å². The maximum atomic E-state index is 5.95. The first-order valence-electron chi connectivity index (χ1n) is 11.9. The molecule has 170 valence electrons. The number of hydrogen-bond donors (Lipinski definition) is 0. The third-order valence-electron chi connectivity index (χ3n) is 6.56. The SMILES string of the molecule is CC(C)Oc1ccc2c(c1)C(c1cc(N3CCC(c4nnc(C5CC5)o4)CC3)ncn1)=NC2. The highest BCUT2D eigenvalue weighted by Gasteiger charge is 2.32. The average molecular weight is 445 g/mol. The van der Waals surface area contributed by atoms with Gasteiger partial charge in [-0.25, -0.2) is 9.97 Å². The van der Waals surface area contributed by atoms with Crippen LogP contribution in [0.15, 0.2) is 40.0 Å². The Morgan fingerprint density at radius 1 is 0.970 bits per heavy atom. The lowest BCUT2D eigenvalue weighted by Crippen LogP contribution is -2.33. The minimum Gasteiger partial charge on any atom is -0.491 e. The van der Waals surface area contributed by atoms with Gasteiger partial charge in [0, 0.05) is 36.6 Å². The van der Waals surface area contributed by atoms with Crippen LogP contribution >= 0.6 is 0 Å². The number of aromatic nitrogens is 4. The largest absolute Gasteiger partial charge is 0.491 e. The van der Waals surface area contributed by atoms with Crippen LogP contribution in [0.3, 0.4) is 0 Å². The Morgan fingerprint density at radius 2 is 1.73 bits per heavy atom. The summed E-state index contributed by atoms with van der Waals surface area (Å²) in [4.78, 5) is 16.2. The lowest BCUT2D eigenvalue weighted by Gasteiger charge is -2.31. The molecular weight excluding hydrogens is 416 g/mol. The molecule has 33 heavy (non-hydrogen) atoms. The zero-order chi connectivity index (χ0) is 22.4. The van der Waals surface area contributed by atoms with Gasteiger partial charge >= 0.3 is 0 Å². The van der Waals surface area contributed by atoms with Crippen LogP contribution in [0.5, 0.6) is 5.75 Å². The van der Waals surface area contributed by atoms with Crippen molar-refractivity contribution >= 4 is 11.5 Å². The molecule has 8 heteroatoms. The quantitative estimate of drug-likeness (QED) is 0.561. The van der Waals surface area contributed by atoms with Gasteiger partial charge in [0.2, 0.25) is 11.8 Å². The fraction of sp³-hybridized carbons (Fsp3) is 0.480. The highest BCUT2D eigenvalue weighted by Crippen LogP contribution is 2.40. The van der Waals surface area contributed by atoms with Crippen molar-refractivity contribution in [2.45, 2.75) is 64.0 Å². The molecule has 1 saturated carbocycles. The van der Waals surface area contributed by atoms with Crippen molar-refractivity contribution in [3.8, 4) is 5.75 Å². The molecule has 1 aliphatic carbocycles. The van der Waals surface area contributed by atoms with Crippen molar-refractivity contribution in [3.05, 3.63) is 59.2 Å². The van der Waals surface area contributed by atoms with Gasteiger partial charge in [-0.15, -0.1) is 10.2 Å². The Kier molecular flexibility index (Phi) is 5.08. The predicted molar refractivity (Wildman–Crippen MR) is 124 cm³/mol. The summed E-state index contributed by atoms with van der Waals surface area (Å²) in [5, 5.41) is 8.58. The fourth-order valence-electron chi connectivity index (χ4n) is 4.64. The number of benzene rings is 1. The number of piperidine rings is 1. The summed E-state index contributed by atoms with van der Waals surface area (Å²) >= 11 is 0. The second-order valence-corrected chi connectivity index (χ2v) is 9.43. The summed E-state index contributed by atoms with van der Waals surface area (Å²) in [6.45, 7) is 6.54. The van der Waals surface area contributed by atoms with E-state index < -0.39 is 0 Å². The summed E-state index contributed by atoms with van der Waals surface area (Å²) in [5.41, 5.74) is 4.07. The highest BCUT2D eigenvalue weighted by molar-refractivity contribution is 6.14. The van der Waals surface area contributed by atoms with Gasteiger partial charge in [0.25, 0.3) is 0 Å². The van der Waals surface area contributed by atoms with E-state index >= 15 is 0 Å². The van der Waals surface area contributed by atoms with Crippen molar-refractivity contribution < 1.29 is 9.15 Å². The number of anilines is 1. The monoisotopic (exact) mass is 444 g/mol. The van der Waals surface area contributed by atoms with Crippen LogP contribution in [-0.2, 0) is 6.54 Å². The molecule has 3 aromatic rings. The van der Waals surface area contributed by atoms with E-state index in [0.29, 0.717) is 18.4 Å². The van der Waals surface area contributed by atoms with Gasteiger partial charge in [-0.05, 0) is 57.2 Å². The molecule has 4 heterocycles. The Morgan fingerprint density at radius 3 is 2.45 bits per heavy atom. The van der Waals surface area contributed by atoms with Crippen LogP contribution in [0.1, 0.15) is 80.0 Å². The standard InChI is InChI=1S/C25H28N6O2/c1-15(2)32-19-6-5-18-13-26-23(20(18)11-19)21-12-22(28-14-27-21)31-9-7-17(8-10-31)25-30-29-24(33-25)16-3-4-16/h5-6,11-12,14-17H,3-4,7-10,13H2,1-2H3. The van der Waals surface area contributed by atoms with E-state index in [1.807, 2.05) is 19.9 Å². The van der Waals surface area contributed by atoms with Crippen molar-refractivity contribution in [1.29, 1.82) is 0 Å². The Labute approximate surface area is 193 Å². The van der Waals surface area contributed by atoms with Crippen LogP contribution in [0, 0.1) is 0 Å². The van der Waals surface area contributed by atoms with E-state index in [2.05, 4.69) is 43.3 Å². The second-order valence-electron chi connectivity index (χ2n) is 9.43. The van der Waals surface area contributed by atoms with E-state index in [0.717, 1.165) is 66.2 Å². The Balaban J connectivity index is 1.17. The van der Waals surface area contributed by atoms with E-state index in [9.17, 15) is 0 Å². The van der Waals surface area contributed by atoms with Gasteiger partial charge < -0.3 is 14.1 Å². The van der Waals surface area contributed by atoms with E-state index in [1.54, 1.807) is 6.33 Å². The van der Waals surface area contributed by atoms with Crippen LogP contribution in [0.2, 0.25) is 0 Å². The highest BCUT2D eigenvalue weighted by atomic mass is 16.5. The summed E-state index contributed by atoms with van der Waals surface area (Å²) in [6, 6.07) is 8.25. The average Bonchev–Trinajstić information content (AvgIpc) is 3.41. The van der Waals surface area contributed by atoms with Crippen LogP contribution < -0.4 is 9.64 Å². The molecule has 0 unspecified atom stereocenters. The molecule has 2 aromatic heterocycles. The van der Waals surface area contributed by atoms with Gasteiger partial charge in [0.05, 0.1) is 24.1 Å². The molecule has 0 radical (unpaired) electrons. The lowest BCUT2D eigenvalue weighted by molar-refractivity contribution is 0.242. The van der Waals surface area contributed by atoms with Crippen molar-refractivity contribution in [2.75, 3.05) is 18.0 Å². The normalized spacial score (nSPS) is 18.5. The third-order valence-corrected chi connectivity index (χ3v) is 6.56. The molecule has 0 bridgehead atoms. The van der Waals surface area contributed by atoms with E-state index in [1.165, 1.54) is 18.4 Å². The first-order chi connectivity index (χ1) is 16.1. The summed E-state index contributed by atoms with van der Waals surface area (Å²) in [7, 11) is 0. The van der Waals surface area contributed by atoms with Gasteiger partial charge in [-0.2, -0.15) is 0 Å². The van der Waals surface area contributed by atoms with Gasteiger partial charge in [0.1, 0.15) is 17.9 Å². The topological polar surface area (TPSA) is 89.5 Å². The first kappa shape index (κ1) is 20.3. The molecular formula is C25H28N6O2. The molecule has 1 aromatic carbocycles. The Hall–Kier alpha value is -3.29. The molecule has 2 fully saturated rings. The van der Waals surface area contributed by atoms with E-state index in [4.69, 9.17) is 14.1 Å². The van der Waals surface area contributed by atoms with Crippen LogP contribution in [0.4, 0.5) is 5.82 Å². The molecule has 0 amide bonds. The zero-order valence-electron chi connectivity index (χ0n) is 19.1. The number of rotatable bonds is 6. The summed E-state index contributed by atoms with van der Waals surface area (Å²) in [5.74, 6) is 4.26. The number of nitrogens with zero attached hydrogens (tertiary/aromatic N) is 6. The van der Waals surface area contributed by atoms with Crippen LogP contribution in [-0.4, -0.2) is 45.1 Å². The van der Waals surface area contributed by atoms with Gasteiger partial charge in [0.15, 0.2) is 0 Å². The lowest BCUT2D eigenvalue weighted by atomic mass is 9.96. The summed E-state index contributed by atoms with van der Waals surface area (Å²) in [6.07, 6.45) is 6.09. The number of hydrogen-bond acceptors (Lipinski definition) is 8. The molecule has 0 atom stereocenters. The fourth-order valence-corrected chi connectivity index (χ4v) is 4.64. The zero-order valence-corrected chi connectivity index (χ0v) is 19.1. The minimum atomic E-state index is 0.130. The predicted octanol–water partition coefficient (Wildman–Crippen LogP) is 4.26. The molecule has 0 N–H and O–H groups in total. The summed E-state index contributed by atoms with van der Waals surface area (Å²) < 4.78 is 11.8. The van der Waals surface area contributed by atoms with E-state index in [-0.39, 0.29) is 6.10 Å². The first-order valence-corrected chi connectivity index (χ1v) is 11.9.